The van der Waals surface area contributed by atoms with E-state index in [0.717, 1.165) is 0 Å². The van der Waals surface area contributed by atoms with Crippen LogP contribution in [0, 0.1) is 10.7 Å². The number of hydrogen-bond donors (Lipinski definition) is 1. The van der Waals surface area contributed by atoms with Crippen LogP contribution in [0.15, 0.2) is 0 Å². The Morgan fingerprint density at radius 2 is 1.50 bits per heavy atom. The van der Waals surface area contributed by atoms with Gasteiger partial charge in [0.2, 0.25) is 10.4 Å². The molecule has 0 aromatic carbocycles. The van der Waals surface area contributed by atoms with E-state index >= 15 is 0 Å². The molecule has 10 heavy (non-hydrogen) atoms. The van der Waals surface area contributed by atoms with Gasteiger partial charge in [-0.3, -0.25) is 4.55 Å². The first-order chi connectivity index (χ1) is 3.41. The van der Waals surface area contributed by atoms with Crippen LogP contribution in [-0.4, -0.2) is 17.5 Å². The van der Waals surface area contributed by atoms with Gasteiger partial charge in [-0.25, -0.2) is 13.7 Å². The van der Waals surface area contributed by atoms with Gasteiger partial charge < -0.3 is 17.2 Å². The first kappa shape index (κ1) is 22.6. The predicted molar refractivity (Wildman–Crippen MR) is 25.3 cm³/mol. The molecule has 0 amide bonds. The second-order valence-electron chi connectivity index (χ2n) is 0.519. The zero-order valence-electron chi connectivity index (χ0n) is 5.44. The van der Waals surface area contributed by atoms with Gasteiger partial charge >= 0.3 is 59.1 Å². The zero-order valence-corrected chi connectivity index (χ0v) is 11.1. The second-order valence-corrected chi connectivity index (χ2v) is 1.56. The fourth-order valence-electron chi connectivity index (χ4n) is 0. The maximum absolute atomic E-state index is 8.63. The fourth-order valence-corrected chi connectivity index (χ4v) is 0. The SMILES string of the molecule is N#C[S-].O=S(=O)([O-])O.[Na+].[Na+]. The molecule has 48 valence electrons. The Morgan fingerprint density at radius 3 is 1.50 bits per heavy atom. The summed E-state index contributed by atoms with van der Waals surface area (Å²) in [6, 6.07) is 0. The number of thiocyanates is 1. The predicted octanol–water partition coefficient (Wildman–Crippen LogP) is -6.97. The Labute approximate surface area is 109 Å². The Hall–Kier alpha value is 1.58. The summed E-state index contributed by atoms with van der Waals surface area (Å²) >= 11 is 3.70. The Bertz CT molecular complexity index is 162. The molecule has 0 radical (unpaired) electrons. The van der Waals surface area contributed by atoms with Gasteiger partial charge in [0.1, 0.15) is 0 Å². The molecule has 0 heterocycles. The molecule has 0 bridgehead atoms. The van der Waals surface area contributed by atoms with E-state index in [1.54, 1.807) is 0 Å². The van der Waals surface area contributed by atoms with Crippen molar-refractivity contribution in [2.45, 2.75) is 0 Å². The van der Waals surface area contributed by atoms with Gasteiger partial charge in [-0.2, -0.15) is 0 Å². The molecule has 0 saturated carbocycles. The van der Waals surface area contributed by atoms with E-state index in [1.807, 2.05) is 0 Å². The molecule has 0 atom stereocenters. The van der Waals surface area contributed by atoms with Crippen molar-refractivity contribution in [2.75, 3.05) is 0 Å². The summed E-state index contributed by atoms with van der Waals surface area (Å²) in [5.41, 5.74) is 0. The van der Waals surface area contributed by atoms with Crippen molar-refractivity contribution >= 4 is 23.0 Å². The molecule has 1 N–H and O–H groups in total. The van der Waals surface area contributed by atoms with Crippen LogP contribution in [0.1, 0.15) is 0 Å². The first-order valence-corrected chi connectivity index (χ1v) is 2.88. The maximum Gasteiger partial charge on any atom is 1.00 e. The monoisotopic (exact) mass is 201 g/mol. The van der Waals surface area contributed by atoms with Crippen molar-refractivity contribution in [1.29, 1.82) is 5.26 Å². The Morgan fingerprint density at radius 1 is 1.50 bits per heavy atom. The van der Waals surface area contributed by atoms with Gasteiger partial charge in [-0.05, 0) is 0 Å². The zero-order chi connectivity index (χ0) is 7.21. The van der Waals surface area contributed by atoms with Crippen LogP contribution >= 0.6 is 0 Å². The molecule has 0 unspecified atom stereocenters. The molecule has 9 heteroatoms. The van der Waals surface area contributed by atoms with Crippen molar-refractivity contribution < 1.29 is 76.6 Å². The Balaban J connectivity index is -0.0000000326. The number of nitrogens with zero attached hydrogens (tertiary/aromatic N) is 1. The molecule has 5 nitrogen and oxygen atoms in total. The number of rotatable bonds is 0. The molecule has 0 aromatic rings. The first-order valence-electron chi connectivity index (χ1n) is 1.11. The molecular formula is CHNNa2O4S2. The quantitative estimate of drug-likeness (QED) is 0.137. The summed E-state index contributed by atoms with van der Waals surface area (Å²) in [6.07, 6.45) is 0. The van der Waals surface area contributed by atoms with E-state index in [-0.39, 0.29) is 59.1 Å². The normalized spacial score (nSPS) is 6.50. The second kappa shape index (κ2) is 13.2. The molecule has 0 aliphatic rings. The summed E-state index contributed by atoms with van der Waals surface area (Å²) < 4.78 is 32.8. The van der Waals surface area contributed by atoms with Crippen molar-refractivity contribution in [3.8, 4) is 5.40 Å². The van der Waals surface area contributed by atoms with Crippen molar-refractivity contribution in [3.05, 3.63) is 0 Å². The van der Waals surface area contributed by atoms with E-state index in [9.17, 15) is 0 Å². The minimum atomic E-state index is -4.92. The number of nitriles is 1. The van der Waals surface area contributed by atoms with Crippen LogP contribution < -0.4 is 59.1 Å². The summed E-state index contributed by atoms with van der Waals surface area (Å²) in [4.78, 5) is 0. The van der Waals surface area contributed by atoms with Crippen molar-refractivity contribution in [2.24, 2.45) is 0 Å². The standard InChI is InChI=1S/CHNS.2Na.H2O4S/c2-1-3;;;1-5(2,3)4/h3H;;;(H2,1,2,3,4)/q;2*+1;/p-2. The van der Waals surface area contributed by atoms with Gasteiger partial charge in [0.15, 0.2) is 0 Å². The molecule has 0 spiro atoms. The van der Waals surface area contributed by atoms with E-state index in [2.05, 4.69) is 12.6 Å². The summed E-state index contributed by atoms with van der Waals surface area (Å²) in [7, 11) is -4.92. The third kappa shape index (κ3) is 283. The average molecular weight is 201 g/mol. The molecular weight excluding hydrogens is 200 g/mol. The summed E-state index contributed by atoms with van der Waals surface area (Å²) in [5, 5.41) is 8.47. The van der Waals surface area contributed by atoms with Gasteiger partial charge in [-0.15, -0.1) is 0 Å². The molecule has 0 aliphatic carbocycles. The third-order valence-electron chi connectivity index (χ3n) is 0. The third-order valence-corrected chi connectivity index (χ3v) is 0. The topological polar surface area (TPSA) is 101 Å². The minimum absolute atomic E-state index is 0. The summed E-state index contributed by atoms with van der Waals surface area (Å²) in [6.45, 7) is 0. The molecule has 0 fully saturated rings. The van der Waals surface area contributed by atoms with Gasteiger partial charge in [0.25, 0.3) is 0 Å². The van der Waals surface area contributed by atoms with Gasteiger partial charge in [0, 0.05) is 0 Å². The largest absolute Gasteiger partial charge is 1.00 e. The fraction of sp³-hybridized carbons (Fsp3) is 0. The molecule has 0 aliphatic heterocycles. The smallest absolute Gasteiger partial charge is 0.726 e. The van der Waals surface area contributed by atoms with Gasteiger partial charge in [-0.1, -0.05) is 5.40 Å². The van der Waals surface area contributed by atoms with E-state index < -0.39 is 10.4 Å². The van der Waals surface area contributed by atoms with Crippen molar-refractivity contribution in [1.82, 2.24) is 0 Å². The Kier molecular flexibility index (Phi) is 29.8. The molecule has 0 rings (SSSR count). The van der Waals surface area contributed by atoms with E-state index in [0.29, 0.717) is 0 Å². The van der Waals surface area contributed by atoms with Crippen LogP contribution in [-0.2, 0) is 23.0 Å². The van der Waals surface area contributed by atoms with Crippen LogP contribution in [0.3, 0.4) is 0 Å². The van der Waals surface area contributed by atoms with E-state index in [4.69, 9.17) is 22.8 Å². The van der Waals surface area contributed by atoms with Crippen LogP contribution in [0.4, 0.5) is 0 Å². The summed E-state index contributed by atoms with van der Waals surface area (Å²) in [5.74, 6) is 0. The molecule has 0 saturated heterocycles. The number of hydrogen-bond acceptors (Lipinski definition) is 5. The van der Waals surface area contributed by atoms with Crippen LogP contribution in [0.2, 0.25) is 0 Å². The van der Waals surface area contributed by atoms with E-state index in [1.165, 1.54) is 5.40 Å². The maximum atomic E-state index is 8.63. The van der Waals surface area contributed by atoms with Gasteiger partial charge in [0.05, 0.1) is 0 Å². The van der Waals surface area contributed by atoms with Crippen molar-refractivity contribution in [3.63, 3.8) is 0 Å². The average Bonchev–Trinajstić information content (AvgIpc) is 1.27. The minimum Gasteiger partial charge on any atom is -0.726 e. The van der Waals surface area contributed by atoms with Crippen LogP contribution in [0.25, 0.3) is 0 Å². The van der Waals surface area contributed by atoms with Crippen LogP contribution in [0.5, 0.6) is 0 Å². The molecule has 0 aromatic heterocycles.